The molecule has 111 valence electrons. The van der Waals surface area contributed by atoms with Gasteiger partial charge in [0.15, 0.2) is 0 Å². The third kappa shape index (κ3) is 2.43. The van der Waals surface area contributed by atoms with Crippen LogP contribution in [0.25, 0.3) is 0 Å². The van der Waals surface area contributed by atoms with E-state index in [2.05, 4.69) is 28.2 Å². The van der Waals surface area contributed by atoms with Crippen molar-refractivity contribution in [3.8, 4) is 5.75 Å². The Balaban J connectivity index is 1.53. The van der Waals surface area contributed by atoms with Crippen molar-refractivity contribution in [1.82, 2.24) is 15.2 Å². The van der Waals surface area contributed by atoms with Gasteiger partial charge in [-0.3, -0.25) is 0 Å². The molecule has 21 heavy (non-hydrogen) atoms. The normalized spacial score (nSPS) is 27.8. The molecule has 1 saturated heterocycles. The zero-order valence-corrected chi connectivity index (χ0v) is 16.4. The van der Waals surface area contributed by atoms with Gasteiger partial charge in [-0.1, -0.05) is 0 Å². The molecule has 1 atom stereocenters. The molecule has 1 aromatic rings. The molecular weight excluding hydrogens is 457 g/mol. The molecule has 1 N–H and O–H groups in total. The van der Waals surface area contributed by atoms with Crippen molar-refractivity contribution >= 4 is 25.8 Å². The van der Waals surface area contributed by atoms with E-state index in [1.807, 2.05) is 6.20 Å². The summed E-state index contributed by atoms with van der Waals surface area (Å²) in [6.07, 6.45) is 5.84. The Bertz CT molecular complexity index is 538. The Hall–Kier alpha value is -0.208. The Morgan fingerprint density at radius 1 is 1.48 bits per heavy atom. The molecule has 0 amide bonds. The molecule has 1 aliphatic carbocycles. The molecule has 5 heteroatoms. The predicted molar refractivity (Wildman–Crippen MR) is 82.6 cm³/mol. The third-order valence-electron chi connectivity index (χ3n) is 5.45. The van der Waals surface area contributed by atoms with Gasteiger partial charge in [-0.25, -0.2) is 0 Å². The number of aromatic nitrogens is 1. The molecule has 3 aliphatic rings. The van der Waals surface area contributed by atoms with E-state index in [1.165, 1.54) is 67.1 Å². The fraction of sp³-hybridized carbons (Fsp3) is 0.688. The van der Waals surface area contributed by atoms with E-state index in [-0.39, 0.29) is 0 Å². The van der Waals surface area contributed by atoms with Crippen molar-refractivity contribution in [2.45, 2.75) is 38.3 Å². The topological polar surface area (TPSA) is 37.4 Å². The fourth-order valence-corrected chi connectivity index (χ4v) is 5.70. The van der Waals surface area contributed by atoms with Crippen LogP contribution in [0.4, 0.5) is 0 Å². The second kappa shape index (κ2) is 5.46. The molecule has 1 spiro atoms. The quantitative estimate of drug-likeness (QED) is 0.663. The predicted octanol–water partition coefficient (Wildman–Crippen LogP) is 1.26. The van der Waals surface area contributed by atoms with E-state index >= 15 is 0 Å². The van der Waals surface area contributed by atoms with Gasteiger partial charge in [-0.15, -0.1) is 0 Å². The zero-order chi connectivity index (χ0) is 14.4. The van der Waals surface area contributed by atoms with Gasteiger partial charge in [-0.05, 0) is 0 Å². The van der Waals surface area contributed by atoms with E-state index in [0.717, 1.165) is 18.7 Å². The van der Waals surface area contributed by atoms with Gasteiger partial charge in [0.05, 0.1) is 0 Å². The molecule has 1 aromatic heterocycles. The van der Waals surface area contributed by atoms with Gasteiger partial charge in [-0.2, -0.15) is 0 Å². The van der Waals surface area contributed by atoms with Gasteiger partial charge in [0.2, 0.25) is 0 Å². The summed E-state index contributed by atoms with van der Waals surface area (Å²) < 4.78 is 7.59. The summed E-state index contributed by atoms with van der Waals surface area (Å²) >= 11 is 1.23. The first kappa shape index (κ1) is 14.4. The van der Waals surface area contributed by atoms with Crippen molar-refractivity contribution in [3.63, 3.8) is 0 Å². The number of hydrogen-bond donors (Lipinski definition) is 1. The van der Waals surface area contributed by atoms with Crippen LogP contribution in [-0.2, 0) is 6.42 Å². The Morgan fingerprint density at radius 3 is 2.95 bits per heavy atom. The van der Waals surface area contributed by atoms with Crippen LogP contribution in [0.1, 0.15) is 37.1 Å². The Morgan fingerprint density at radius 2 is 2.29 bits per heavy atom. The van der Waals surface area contributed by atoms with Gasteiger partial charge in [0.25, 0.3) is 0 Å². The number of ether oxygens (including phenoxy) is 1. The Kier molecular flexibility index (Phi) is 3.74. The van der Waals surface area contributed by atoms with Crippen LogP contribution in [0, 0.1) is 5.41 Å². The number of fused-ring (bicyclic) bond motifs is 1. The van der Waals surface area contributed by atoms with Crippen LogP contribution >= 0.6 is 0 Å². The van der Waals surface area contributed by atoms with E-state index < -0.39 is 0 Å². The summed E-state index contributed by atoms with van der Waals surface area (Å²) in [6, 6.07) is 2.53. The van der Waals surface area contributed by atoms with E-state index in [1.54, 1.807) is 0 Å². The number of pyridine rings is 1. The second-order valence-electron chi connectivity index (χ2n) is 6.82. The zero-order valence-electron chi connectivity index (χ0n) is 12.6. The fourth-order valence-electron chi connectivity index (χ4n) is 4.02. The van der Waals surface area contributed by atoms with Crippen molar-refractivity contribution in [1.29, 1.82) is 0 Å². The van der Waals surface area contributed by atoms with Crippen molar-refractivity contribution in [3.05, 3.63) is 23.5 Å². The molecule has 2 fully saturated rings. The van der Waals surface area contributed by atoms with E-state index in [9.17, 15) is 0 Å². The standard InChI is InChI=1S/C16H22N3O.Pb/c1-11-15-13(4-6-19(11)2)18-5-3-14(15)20-12-7-16(8-12)9-17-10-16;/h3,5,11-12,17H,2,4,6-10H2,1H3;. The minimum absolute atomic E-state index is 0.414. The molecule has 0 aromatic carbocycles. The maximum absolute atomic E-state index is 6.36. The van der Waals surface area contributed by atoms with Crippen LogP contribution in [0.5, 0.6) is 5.75 Å². The molecule has 2 aliphatic heterocycles. The average molecular weight is 480 g/mol. The van der Waals surface area contributed by atoms with Crippen LogP contribution in [0.3, 0.4) is 0 Å². The molecule has 3 heterocycles. The van der Waals surface area contributed by atoms with Crippen LogP contribution in [-0.4, -0.2) is 65.5 Å². The van der Waals surface area contributed by atoms with Crippen LogP contribution in [0.15, 0.2) is 12.3 Å². The first-order valence-electron chi connectivity index (χ1n) is 7.95. The summed E-state index contributed by atoms with van der Waals surface area (Å²) in [5.74, 6) is 1.10. The van der Waals surface area contributed by atoms with Crippen LogP contribution < -0.4 is 10.1 Å². The number of nitrogens with zero attached hydrogens (tertiary/aromatic N) is 2. The molecule has 4 rings (SSSR count). The van der Waals surface area contributed by atoms with Gasteiger partial charge in [0.1, 0.15) is 0 Å². The number of nitrogens with one attached hydrogen (secondary N) is 1. The molecule has 4 nitrogen and oxygen atoms in total. The molecular formula is C16H22N3OPb. The summed E-state index contributed by atoms with van der Waals surface area (Å²) in [6.45, 7) is 5.83. The maximum atomic E-state index is 6.36. The van der Waals surface area contributed by atoms with Gasteiger partial charge in [0, 0.05) is 0 Å². The third-order valence-corrected chi connectivity index (χ3v) is 7.03. The molecule has 1 saturated carbocycles. The molecule has 1 unspecified atom stereocenters. The second-order valence-corrected chi connectivity index (χ2v) is 8.05. The molecule has 3 radical (unpaired) electrons. The van der Waals surface area contributed by atoms with E-state index in [0.29, 0.717) is 17.6 Å². The summed E-state index contributed by atoms with van der Waals surface area (Å²) in [7, 11) is 0. The van der Waals surface area contributed by atoms with Crippen molar-refractivity contribution in [2.75, 3.05) is 23.7 Å². The number of hydrogen-bond acceptors (Lipinski definition) is 4. The van der Waals surface area contributed by atoms with Gasteiger partial charge >= 0.3 is 142 Å². The van der Waals surface area contributed by atoms with Crippen molar-refractivity contribution < 1.29 is 4.74 Å². The summed E-state index contributed by atoms with van der Waals surface area (Å²) in [5, 5.41) is 3.39. The monoisotopic (exact) mass is 480 g/mol. The van der Waals surface area contributed by atoms with Crippen molar-refractivity contribution in [2.24, 2.45) is 5.41 Å². The Labute approximate surface area is 142 Å². The molecule has 0 bridgehead atoms. The van der Waals surface area contributed by atoms with E-state index in [4.69, 9.17) is 4.74 Å². The number of rotatable bonds is 3. The summed E-state index contributed by atoms with van der Waals surface area (Å²) in [5.41, 5.74) is 3.18. The first-order chi connectivity index (χ1) is 10.2. The summed E-state index contributed by atoms with van der Waals surface area (Å²) in [4.78, 5) is 7.17. The van der Waals surface area contributed by atoms with Gasteiger partial charge < -0.3 is 0 Å². The first-order valence-corrected chi connectivity index (χ1v) is 10.7. The van der Waals surface area contributed by atoms with Crippen LogP contribution in [0.2, 0.25) is 0 Å². The SMILES string of the molecule is CC1c2c(OC3CC4(CNC4)C3)ccnc2CCN1[CH2][Pb]. The minimum atomic E-state index is 0.414. The average Bonchev–Trinajstić information content (AvgIpc) is 2.40.